The summed E-state index contributed by atoms with van der Waals surface area (Å²) in [7, 11) is 5.68. The number of carbonyl (C=O) groups is 3. The van der Waals surface area contributed by atoms with Crippen LogP contribution in [0.15, 0.2) is 42.6 Å². The molecule has 1 heterocycles. The summed E-state index contributed by atoms with van der Waals surface area (Å²) in [5, 5.41) is 45.9. The van der Waals surface area contributed by atoms with Gasteiger partial charge in [0, 0.05) is 44.6 Å². The molecule has 0 radical (unpaired) electrons. The molecule has 32 heavy (non-hydrogen) atoms. The molecule has 0 amide bonds. The topological polar surface area (TPSA) is 180 Å². The first-order valence-electron chi connectivity index (χ1n) is 9.58. The van der Waals surface area contributed by atoms with Gasteiger partial charge in [0.15, 0.2) is 0 Å². The van der Waals surface area contributed by atoms with E-state index in [1.165, 1.54) is 0 Å². The second-order valence-corrected chi connectivity index (χ2v) is 6.54. The van der Waals surface area contributed by atoms with E-state index in [9.17, 15) is 29.7 Å². The molecule has 1 atom stereocenters. The molecule has 0 fully saturated rings. The maximum absolute atomic E-state index is 10.1. The van der Waals surface area contributed by atoms with Gasteiger partial charge in [-0.25, -0.2) is 0 Å². The van der Waals surface area contributed by atoms with E-state index in [2.05, 4.69) is 22.5 Å². The van der Waals surface area contributed by atoms with Gasteiger partial charge in [-0.05, 0) is 32.6 Å². The molecule has 11 nitrogen and oxygen atoms in total. The van der Waals surface area contributed by atoms with Crippen molar-refractivity contribution in [3.05, 3.63) is 53.9 Å². The van der Waals surface area contributed by atoms with Gasteiger partial charge in [0.1, 0.15) is 11.7 Å². The number of nitrogens with zero attached hydrogens (tertiary/aromatic N) is 2. The average molecular weight is 450 g/mol. The molecule has 0 aliphatic carbocycles. The van der Waals surface area contributed by atoms with E-state index in [0.717, 1.165) is 11.3 Å². The Morgan fingerprint density at radius 3 is 1.94 bits per heavy atom. The highest BCUT2D eigenvalue weighted by atomic mass is 16.5. The minimum absolute atomic E-state index is 0.0290. The highest BCUT2D eigenvalue weighted by molar-refractivity contribution is 5.86. The molecule has 2 N–H and O–H groups in total. The number of nitrogens with one attached hydrogen (secondary N) is 1. The number of aryl methyl sites for hydroxylation is 1. The van der Waals surface area contributed by atoms with E-state index in [0.29, 0.717) is 6.61 Å². The highest BCUT2D eigenvalue weighted by Crippen LogP contribution is 2.24. The van der Waals surface area contributed by atoms with E-state index in [1.807, 2.05) is 57.0 Å². The second-order valence-electron chi connectivity index (χ2n) is 6.54. The number of carboxylic acids is 3. The first-order valence-corrected chi connectivity index (χ1v) is 9.58. The number of aliphatic hydroxyl groups is 1. The van der Waals surface area contributed by atoms with Crippen LogP contribution in [0.2, 0.25) is 0 Å². The number of aliphatic carboxylic acids is 3. The third-order valence-corrected chi connectivity index (χ3v) is 3.82. The van der Waals surface area contributed by atoms with E-state index in [1.54, 1.807) is 6.20 Å². The zero-order valence-corrected chi connectivity index (χ0v) is 18.4. The summed E-state index contributed by atoms with van der Waals surface area (Å²) in [5.74, 6) is -5.98. The van der Waals surface area contributed by atoms with Crippen molar-refractivity contribution < 1.29 is 39.5 Å². The number of benzene rings is 1. The molecule has 0 spiro atoms. The summed E-state index contributed by atoms with van der Waals surface area (Å²) in [6.45, 7) is 2.69. The maximum atomic E-state index is 10.1. The van der Waals surface area contributed by atoms with Crippen molar-refractivity contribution in [2.75, 3.05) is 20.7 Å². The van der Waals surface area contributed by atoms with Gasteiger partial charge >= 0.3 is 0 Å². The second kappa shape index (κ2) is 14.7. The number of carboxylic acid groups (broad SMARTS) is 3. The molecule has 1 aromatic carbocycles. The zero-order chi connectivity index (χ0) is 24.7. The van der Waals surface area contributed by atoms with E-state index >= 15 is 0 Å². The molecule has 1 aromatic heterocycles. The molecule has 0 aliphatic heterocycles. The molecule has 0 saturated heterocycles. The van der Waals surface area contributed by atoms with Crippen LogP contribution in [0.25, 0.3) is 0 Å². The lowest BCUT2D eigenvalue weighted by molar-refractivity contribution is -0.339. The molecule has 178 valence electrons. The lowest BCUT2D eigenvalue weighted by Gasteiger charge is -2.29. The van der Waals surface area contributed by atoms with Crippen LogP contribution >= 0.6 is 0 Å². The number of rotatable bonds is 9. The number of aromatic nitrogens is 2. The molecule has 0 saturated carbocycles. The Morgan fingerprint density at radius 1 is 1.09 bits per heavy atom. The molecule has 0 bridgehead atoms. The summed E-state index contributed by atoms with van der Waals surface area (Å²) in [4.78, 5) is 30.0. The van der Waals surface area contributed by atoms with Crippen LogP contribution in [-0.4, -0.2) is 59.1 Å². The van der Waals surface area contributed by atoms with Crippen molar-refractivity contribution in [3.8, 4) is 0 Å². The lowest BCUT2D eigenvalue weighted by atomic mass is 9.96. The Morgan fingerprint density at radius 2 is 1.59 bits per heavy atom. The number of ether oxygens (including phenoxy) is 1. The molecule has 2 aromatic rings. The fourth-order valence-electron chi connectivity index (χ4n) is 2.47. The van der Waals surface area contributed by atoms with Crippen LogP contribution in [0.3, 0.4) is 0 Å². The first kappa shape index (κ1) is 28.7. The van der Waals surface area contributed by atoms with Gasteiger partial charge in [-0.15, -0.1) is 0 Å². The standard InChI is InChI=1S/C13H16N2O.C6H8O7.C2H7N/c1-3-16-13(11-7-5-4-6-8-11)12-9-10-14-15(12)2;7-3(8)1-6(13,5(11)12)2-4(9)10;1-3-2/h4-10,13H,3H2,1-2H3;13H,1-2H2,(H,7,8)(H,9,10)(H,11,12);3H,1-2H3/p-3. The molecular formula is C21H28N3O8-3. The van der Waals surface area contributed by atoms with Crippen LogP contribution in [0.5, 0.6) is 0 Å². The van der Waals surface area contributed by atoms with Crippen LogP contribution < -0.4 is 20.6 Å². The van der Waals surface area contributed by atoms with E-state index < -0.39 is 36.4 Å². The molecular weight excluding hydrogens is 422 g/mol. The predicted molar refractivity (Wildman–Crippen MR) is 107 cm³/mol. The predicted octanol–water partition coefficient (Wildman–Crippen LogP) is -2.87. The first-order chi connectivity index (χ1) is 15.0. The highest BCUT2D eigenvalue weighted by Gasteiger charge is 2.29. The maximum Gasteiger partial charge on any atom is 0.124 e. The van der Waals surface area contributed by atoms with Gasteiger partial charge in [-0.1, -0.05) is 30.3 Å². The number of carbonyl (C=O) groups excluding carboxylic acids is 3. The van der Waals surface area contributed by atoms with E-state index in [4.69, 9.17) is 9.84 Å². The van der Waals surface area contributed by atoms with Crippen molar-refractivity contribution >= 4 is 17.9 Å². The van der Waals surface area contributed by atoms with Gasteiger partial charge < -0.3 is 44.9 Å². The SMILES string of the molecule is CCOC(c1ccccc1)c1ccnn1C.CNC.O=C([O-])CC(O)(CC(=O)[O-])C(=O)[O-]. The van der Waals surface area contributed by atoms with Crippen LogP contribution in [0.4, 0.5) is 0 Å². The van der Waals surface area contributed by atoms with Gasteiger partial charge in [-0.2, -0.15) is 5.10 Å². The minimum atomic E-state index is -2.97. The van der Waals surface area contributed by atoms with Crippen molar-refractivity contribution in [1.82, 2.24) is 15.1 Å². The summed E-state index contributed by atoms with van der Waals surface area (Å²) in [5.41, 5.74) is -0.737. The molecule has 2 rings (SSSR count). The third kappa shape index (κ3) is 10.2. The zero-order valence-electron chi connectivity index (χ0n) is 18.4. The normalized spacial score (nSPS) is 11.3. The Kier molecular flexibility index (Phi) is 13.2. The smallest absolute Gasteiger partial charge is 0.124 e. The van der Waals surface area contributed by atoms with Crippen molar-refractivity contribution in [2.24, 2.45) is 7.05 Å². The Balaban J connectivity index is 0.000000547. The number of hydrogen-bond acceptors (Lipinski definition) is 10. The summed E-state index contributed by atoms with van der Waals surface area (Å²) < 4.78 is 7.65. The van der Waals surface area contributed by atoms with Crippen molar-refractivity contribution in [2.45, 2.75) is 31.5 Å². The summed E-state index contributed by atoms with van der Waals surface area (Å²) >= 11 is 0. The van der Waals surface area contributed by atoms with Gasteiger partial charge in [0.2, 0.25) is 0 Å². The largest absolute Gasteiger partial charge is 0.550 e. The van der Waals surface area contributed by atoms with Crippen molar-refractivity contribution in [3.63, 3.8) is 0 Å². The molecule has 0 aliphatic rings. The Bertz CT molecular complexity index is 823. The Hall–Kier alpha value is -3.28. The minimum Gasteiger partial charge on any atom is -0.550 e. The fourth-order valence-corrected chi connectivity index (χ4v) is 2.47. The molecule has 1 unspecified atom stereocenters. The fraction of sp³-hybridized carbons (Fsp3) is 0.429. The van der Waals surface area contributed by atoms with Crippen molar-refractivity contribution in [1.29, 1.82) is 0 Å². The molecule has 11 heteroatoms. The Labute approximate surface area is 186 Å². The van der Waals surface area contributed by atoms with Crippen LogP contribution in [0, 0.1) is 0 Å². The van der Waals surface area contributed by atoms with Crippen LogP contribution in [0.1, 0.15) is 37.1 Å². The van der Waals surface area contributed by atoms with Crippen LogP contribution in [-0.2, 0) is 26.2 Å². The summed E-state index contributed by atoms with van der Waals surface area (Å²) in [6, 6.07) is 12.2. The average Bonchev–Trinajstić information content (AvgIpc) is 3.12. The summed E-state index contributed by atoms with van der Waals surface area (Å²) in [6.07, 6.45) is -0.949. The lowest BCUT2D eigenvalue weighted by Crippen LogP contribution is -2.54. The van der Waals surface area contributed by atoms with Gasteiger partial charge in [0.25, 0.3) is 0 Å². The number of hydrogen-bond donors (Lipinski definition) is 2. The quantitative estimate of drug-likeness (QED) is 0.403. The van der Waals surface area contributed by atoms with Gasteiger partial charge in [0.05, 0.1) is 11.7 Å². The monoisotopic (exact) mass is 450 g/mol. The van der Waals surface area contributed by atoms with Gasteiger partial charge in [-0.3, -0.25) is 4.68 Å². The third-order valence-electron chi connectivity index (χ3n) is 3.82. The van der Waals surface area contributed by atoms with E-state index in [-0.39, 0.29) is 6.10 Å².